The number of rotatable bonds is 14. The second kappa shape index (κ2) is 19.2. The second-order valence-electron chi connectivity index (χ2n) is 14.7. The molecule has 0 saturated heterocycles. The summed E-state index contributed by atoms with van der Waals surface area (Å²) < 4.78 is 78.5. The molecule has 0 aliphatic heterocycles. The molecule has 0 unspecified atom stereocenters. The Labute approximate surface area is 362 Å². The smallest absolute Gasteiger partial charge is 0.256 e. The van der Waals surface area contributed by atoms with Crippen molar-refractivity contribution < 1.29 is 28.1 Å². The summed E-state index contributed by atoms with van der Waals surface area (Å²) in [7, 11) is 0. The van der Waals surface area contributed by atoms with Crippen molar-refractivity contribution in [1.29, 1.82) is 0 Å². The lowest BCUT2D eigenvalue weighted by molar-refractivity contribution is 0.244. The van der Waals surface area contributed by atoms with Gasteiger partial charge in [0.1, 0.15) is 11.5 Å². The summed E-state index contributed by atoms with van der Waals surface area (Å²) in [6.07, 6.45) is -0.652. The molecule has 2 aliphatic carbocycles. The van der Waals surface area contributed by atoms with Crippen LogP contribution in [0.25, 0.3) is 55.4 Å². The van der Waals surface area contributed by atoms with E-state index in [0.29, 0.717) is 59.4 Å². The molecule has 12 heteroatoms. The minimum Gasteiger partial charge on any atom is -0.502 e. The fourth-order valence-corrected chi connectivity index (χ4v) is 7.35. The first-order chi connectivity index (χ1) is 31.5. The van der Waals surface area contributed by atoms with E-state index in [1.165, 1.54) is 6.92 Å². The molecule has 2 aliphatic rings. The minimum atomic E-state index is -2.19. The number of ether oxygens (including phenoxy) is 2. The highest BCUT2D eigenvalue weighted by Gasteiger charge is 2.28. The molecular weight excluding hydrogens is 753 g/mol. The molecule has 0 fully saturated rings. The summed E-state index contributed by atoms with van der Waals surface area (Å²) >= 11 is 0. The van der Waals surface area contributed by atoms with Crippen molar-refractivity contribution >= 4 is 11.4 Å². The van der Waals surface area contributed by atoms with Crippen LogP contribution in [0.5, 0.6) is 11.5 Å². The summed E-state index contributed by atoms with van der Waals surface area (Å²) in [5.41, 5.74) is 7.20. The maximum absolute atomic E-state index is 8.86. The lowest BCUT2D eigenvalue weighted by Gasteiger charge is -2.13. The standard InChI is InChI=1S/2C24H26N4O2/c2*1-5-13-26-20-11-10-17-18(20)7-6-8-19(17)23-27-24(30-28-23)16-9-12-22(29-15(2)3)21(14-16)25-4/h2*6-9,12,14-15,20,26H,5,10-11,13H2,1-3H3/t2*20-/m00/s1/i5D2,13D2,15D;15D,20D. The highest BCUT2D eigenvalue weighted by atomic mass is 16.5. The van der Waals surface area contributed by atoms with Gasteiger partial charge in [0.25, 0.3) is 11.8 Å². The molecule has 0 spiro atoms. The third-order valence-corrected chi connectivity index (χ3v) is 9.97. The molecule has 2 atom stereocenters. The highest BCUT2D eigenvalue weighted by Crippen LogP contribution is 2.40. The van der Waals surface area contributed by atoms with Gasteiger partial charge < -0.3 is 29.2 Å². The summed E-state index contributed by atoms with van der Waals surface area (Å²) in [5.74, 6) is 2.03. The normalized spacial score (nSPS) is 19.0. The van der Waals surface area contributed by atoms with Crippen LogP contribution in [0, 0.1) is 13.1 Å². The van der Waals surface area contributed by atoms with Crippen LogP contribution >= 0.6 is 0 Å². The third kappa shape index (κ3) is 9.26. The number of nitrogens with zero attached hydrogens (tertiary/aromatic N) is 6. The quantitative estimate of drug-likeness (QED) is 0.103. The molecule has 2 heterocycles. The van der Waals surface area contributed by atoms with Crippen LogP contribution < -0.4 is 20.1 Å². The van der Waals surface area contributed by atoms with Crippen LogP contribution in [0.2, 0.25) is 0 Å². The Bertz CT molecular complexity index is 2850. The van der Waals surface area contributed by atoms with E-state index in [0.717, 1.165) is 52.8 Å². The lowest BCUT2D eigenvalue weighted by Crippen LogP contribution is -2.19. The van der Waals surface area contributed by atoms with Crippen molar-refractivity contribution in [3.63, 3.8) is 0 Å². The van der Waals surface area contributed by atoms with E-state index >= 15 is 0 Å². The van der Waals surface area contributed by atoms with Crippen molar-refractivity contribution in [3.05, 3.63) is 118 Å². The van der Waals surface area contributed by atoms with E-state index in [-0.39, 0.29) is 23.3 Å². The first-order valence-corrected chi connectivity index (χ1v) is 19.9. The van der Waals surface area contributed by atoms with Crippen molar-refractivity contribution in [2.24, 2.45) is 0 Å². The van der Waals surface area contributed by atoms with Gasteiger partial charge in [-0.15, -0.1) is 0 Å². The van der Waals surface area contributed by atoms with Gasteiger partial charge in [0.05, 0.1) is 29.4 Å². The Morgan fingerprint density at radius 1 is 0.767 bits per heavy atom. The molecule has 6 aromatic rings. The molecule has 4 aromatic carbocycles. The van der Waals surface area contributed by atoms with Gasteiger partial charge in [-0.3, -0.25) is 0 Å². The number of fused-ring (bicyclic) bond motifs is 2. The Balaban J connectivity index is 0.000000200. The average Bonchev–Trinajstić information content (AvgIpc) is 4.09. The maximum atomic E-state index is 8.86. The molecule has 2 N–H and O–H groups in total. The van der Waals surface area contributed by atoms with Crippen LogP contribution in [-0.4, -0.2) is 45.5 Å². The molecule has 8 rings (SSSR count). The molecule has 12 nitrogen and oxygen atoms in total. The highest BCUT2D eigenvalue weighted by molar-refractivity contribution is 5.72. The van der Waals surface area contributed by atoms with Gasteiger partial charge in [0.15, 0.2) is 0 Å². The number of nitrogens with one attached hydrogen (secondary N) is 2. The number of hydrogen-bond donors (Lipinski definition) is 2. The van der Waals surface area contributed by atoms with Crippen LogP contribution in [-0.2, 0) is 12.8 Å². The van der Waals surface area contributed by atoms with E-state index in [1.54, 1.807) is 64.1 Å². The summed E-state index contributed by atoms with van der Waals surface area (Å²) in [4.78, 5) is 16.1. The van der Waals surface area contributed by atoms with E-state index < -0.39 is 31.0 Å². The molecule has 60 heavy (non-hydrogen) atoms. The van der Waals surface area contributed by atoms with Crippen molar-refractivity contribution in [2.75, 3.05) is 13.0 Å². The SMILES string of the molecule is [2H]C(C)(C)Oc1ccc(-c2nc(-c3cccc4c3CC[C@@H]4NC([2H])([2H])C([2H])([2H])C)no2)cc1[N+]#[C-].[2H]C(C)(C)Oc1ccc(-c2nc(-c3cccc4c3CC[C@]4([2H])NCCC)no2)cc1[N+]#[C-]. The topological polar surface area (TPSA) is 129 Å². The lowest BCUT2D eigenvalue weighted by atomic mass is 10.0. The molecule has 0 amide bonds. The average molecular weight is 812 g/mol. The zero-order valence-corrected chi connectivity index (χ0v) is 34.6. The molecule has 0 radical (unpaired) electrons. The van der Waals surface area contributed by atoms with E-state index in [1.807, 2.05) is 36.4 Å². The first kappa shape index (κ1) is 33.5. The van der Waals surface area contributed by atoms with Gasteiger partial charge >= 0.3 is 0 Å². The van der Waals surface area contributed by atoms with Crippen molar-refractivity contribution in [3.8, 4) is 57.2 Å². The molecule has 0 bridgehead atoms. The van der Waals surface area contributed by atoms with Crippen LogP contribution in [0.3, 0.4) is 0 Å². The second-order valence-corrected chi connectivity index (χ2v) is 14.7. The molecular formula is C48H52N8O4. The summed E-state index contributed by atoms with van der Waals surface area (Å²) in [6.45, 7) is 23.2. The molecule has 308 valence electrons. The number of benzene rings is 4. The van der Waals surface area contributed by atoms with E-state index in [4.69, 9.17) is 41.3 Å². The number of aromatic nitrogens is 4. The Kier molecular flexibility index (Phi) is 10.7. The summed E-state index contributed by atoms with van der Waals surface area (Å²) in [5, 5.41) is 14.5. The van der Waals surface area contributed by atoms with Crippen molar-refractivity contribution in [2.45, 2.75) is 104 Å². The predicted molar refractivity (Wildman–Crippen MR) is 233 cm³/mol. The Morgan fingerprint density at radius 2 is 1.30 bits per heavy atom. The van der Waals surface area contributed by atoms with Crippen LogP contribution in [0.1, 0.15) is 111 Å². The van der Waals surface area contributed by atoms with E-state index in [9.17, 15) is 0 Å². The fraction of sp³-hybridized carbons (Fsp3) is 0.375. The third-order valence-electron chi connectivity index (χ3n) is 9.97. The minimum absolute atomic E-state index is 0.238. The monoisotopic (exact) mass is 811 g/mol. The fourth-order valence-electron chi connectivity index (χ4n) is 7.35. The van der Waals surface area contributed by atoms with Crippen LogP contribution in [0.4, 0.5) is 11.4 Å². The van der Waals surface area contributed by atoms with Gasteiger partial charge in [-0.25, -0.2) is 9.69 Å². The Hall–Kier alpha value is -6.34. The molecule has 0 saturated carbocycles. The zero-order chi connectivity index (χ0) is 48.5. The van der Waals surface area contributed by atoms with Crippen molar-refractivity contribution in [1.82, 2.24) is 30.9 Å². The van der Waals surface area contributed by atoms with Crippen LogP contribution in [0.15, 0.2) is 81.8 Å². The van der Waals surface area contributed by atoms with E-state index in [2.05, 4.69) is 47.5 Å². The molecule has 2 aromatic heterocycles. The zero-order valence-electron chi connectivity index (χ0n) is 41.6. The predicted octanol–water partition coefficient (Wildman–Crippen LogP) is 11.5. The van der Waals surface area contributed by atoms with Gasteiger partial charge in [-0.2, -0.15) is 9.97 Å². The number of hydrogen-bond acceptors (Lipinski definition) is 10. The summed E-state index contributed by atoms with van der Waals surface area (Å²) in [6, 6.07) is 20.3. The Morgan fingerprint density at radius 3 is 1.82 bits per heavy atom. The van der Waals surface area contributed by atoms with Gasteiger partial charge in [-0.05, 0) is 138 Å². The van der Waals surface area contributed by atoms with Gasteiger partial charge in [0.2, 0.25) is 23.0 Å². The largest absolute Gasteiger partial charge is 0.502 e. The van der Waals surface area contributed by atoms with Gasteiger partial charge in [-0.1, -0.05) is 60.6 Å². The first-order valence-electron chi connectivity index (χ1n) is 23.4. The van der Waals surface area contributed by atoms with Gasteiger partial charge in [0, 0.05) is 39.8 Å². The maximum Gasteiger partial charge on any atom is 0.256 e.